The van der Waals surface area contributed by atoms with E-state index >= 15 is 0 Å². The lowest BCUT2D eigenvalue weighted by Gasteiger charge is -2.08. The molecule has 1 rings (SSSR count). The number of pyridine rings is 1. The van der Waals surface area contributed by atoms with Crippen LogP contribution in [-0.2, 0) is 0 Å². The van der Waals surface area contributed by atoms with Crippen LogP contribution in [0.3, 0.4) is 0 Å². The van der Waals surface area contributed by atoms with Gasteiger partial charge >= 0.3 is 0 Å². The van der Waals surface area contributed by atoms with E-state index in [2.05, 4.69) is 4.98 Å². The van der Waals surface area contributed by atoms with Crippen molar-refractivity contribution in [3.63, 3.8) is 0 Å². The molecule has 1 aromatic rings. The Hall–Kier alpha value is -0.630. The molecule has 0 aliphatic heterocycles. The highest BCUT2D eigenvalue weighted by atomic mass is 35.5. The quantitative estimate of drug-likeness (QED) is 0.615. The molecule has 0 unspecified atom stereocenters. The van der Waals surface area contributed by atoms with Crippen molar-refractivity contribution in [3.05, 3.63) is 28.3 Å². The van der Waals surface area contributed by atoms with Crippen LogP contribution in [-0.4, -0.2) is 4.98 Å². The van der Waals surface area contributed by atoms with Crippen molar-refractivity contribution in [1.82, 2.24) is 4.98 Å². The molecule has 0 saturated heterocycles. The highest BCUT2D eigenvalue weighted by molar-refractivity contribution is 6.29. The van der Waals surface area contributed by atoms with E-state index in [1.54, 1.807) is 13.0 Å². The molecule has 0 bridgehead atoms. The number of halogens is 2. The molecule has 1 heterocycles. The Bertz CT molecular complexity index is 297. The van der Waals surface area contributed by atoms with Gasteiger partial charge in [-0.25, -0.2) is 9.37 Å². The van der Waals surface area contributed by atoms with Crippen molar-refractivity contribution in [2.24, 2.45) is 0 Å². The number of hydrogen-bond donors (Lipinski definition) is 0. The van der Waals surface area contributed by atoms with Crippen molar-refractivity contribution in [2.75, 3.05) is 0 Å². The topological polar surface area (TPSA) is 12.9 Å². The summed E-state index contributed by atoms with van der Waals surface area (Å²) in [6.07, 6.45) is 0. The summed E-state index contributed by atoms with van der Waals surface area (Å²) in [5.74, 6) is -0.0985. The van der Waals surface area contributed by atoms with Crippen LogP contribution in [0.5, 0.6) is 0 Å². The molecule has 0 aliphatic carbocycles. The Morgan fingerprint density at radius 1 is 1.50 bits per heavy atom. The Balaban J connectivity index is 3.28. The van der Waals surface area contributed by atoms with Gasteiger partial charge in [0.05, 0.1) is 5.69 Å². The van der Waals surface area contributed by atoms with Crippen molar-refractivity contribution >= 4 is 11.6 Å². The Morgan fingerprint density at radius 2 is 2.08 bits per heavy atom. The number of nitrogens with zero attached hydrogens (tertiary/aromatic N) is 1. The molecule has 0 saturated carbocycles. The Kier molecular flexibility index (Phi) is 2.68. The average molecular weight is 188 g/mol. The van der Waals surface area contributed by atoms with E-state index in [4.69, 9.17) is 11.6 Å². The normalized spacial score (nSPS) is 10.8. The lowest BCUT2D eigenvalue weighted by molar-refractivity contribution is 0.581. The summed E-state index contributed by atoms with van der Waals surface area (Å²) in [4.78, 5) is 3.81. The molecule has 66 valence electrons. The van der Waals surface area contributed by atoms with Crippen LogP contribution in [0.1, 0.15) is 31.0 Å². The van der Waals surface area contributed by atoms with Gasteiger partial charge in [0.2, 0.25) is 0 Å². The third-order valence-corrected chi connectivity index (χ3v) is 1.94. The molecule has 1 nitrogen and oxygen atoms in total. The van der Waals surface area contributed by atoms with E-state index in [1.807, 2.05) is 13.8 Å². The number of aromatic nitrogens is 1. The van der Waals surface area contributed by atoms with Gasteiger partial charge in [-0.1, -0.05) is 25.4 Å². The van der Waals surface area contributed by atoms with Gasteiger partial charge in [0.15, 0.2) is 0 Å². The Morgan fingerprint density at radius 3 is 2.58 bits per heavy atom. The average Bonchev–Trinajstić information content (AvgIpc) is 1.96. The SMILES string of the molecule is Cc1nc(Cl)cc(C(C)C)c1F. The van der Waals surface area contributed by atoms with E-state index < -0.39 is 0 Å². The van der Waals surface area contributed by atoms with E-state index in [0.717, 1.165) is 0 Å². The predicted octanol–water partition coefficient (Wildman–Crippen LogP) is 3.31. The summed E-state index contributed by atoms with van der Waals surface area (Å²) in [6, 6.07) is 1.58. The van der Waals surface area contributed by atoms with E-state index in [-0.39, 0.29) is 11.7 Å². The van der Waals surface area contributed by atoms with E-state index in [1.165, 1.54) is 0 Å². The molecule has 3 heteroatoms. The molecule has 0 aliphatic rings. The van der Waals surface area contributed by atoms with Gasteiger partial charge in [0.1, 0.15) is 11.0 Å². The zero-order valence-corrected chi connectivity index (χ0v) is 8.11. The maximum atomic E-state index is 13.3. The van der Waals surface area contributed by atoms with Gasteiger partial charge in [0.25, 0.3) is 0 Å². The smallest absolute Gasteiger partial charge is 0.147 e. The molecule has 12 heavy (non-hydrogen) atoms. The standard InChI is InChI=1S/C9H11ClFN/c1-5(2)7-4-8(10)12-6(3)9(7)11/h4-5H,1-3H3. The van der Waals surface area contributed by atoms with Gasteiger partial charge in [-0.2, -0.15) is 0 Å². The second kappa shape index (κ2) is 3.40. The van der Waals surface area contributed by atoms with Crippen molar-refractivity contribution < 1.29 is 4.39 Å². The zero-order chi connectivity index (χ0) is 9.30. The van der Waals surface area contributed by atoms with Gasteiger partial charge < -0.3 is 0 Å². The molecule has 0 fully saturated rings. The van der Waals surface area contributed by atoms with Crippen LogP contribution in [0.2, 0.25) is 5.15 Å². The number of rotatable bonds is 1. The molecule has 0 N–H and O–H groups in total. The van der Waals surface area contributed by atoms with Gasteiger partial charge in [-0.3, -0.25) is 0 Å². The Labute approximate surface area is 76.6 Å². The number of hydrogen-bond acceptors (Lipinski definition) is 1. The summed E-state index contributed by atoms with van der Waals surface area (Å²) in [5.41, 5.74) is 0.999. The zero-order valence-electron chi connectivity index (χ0n) is 7.36. The van der Waals surface area contributed by atoms with Crippen LogP contribution in [0.15, 0.2) is 6.07 Å². The van der Waals surface area contributed by atoms with E-state index in [0.29, 0.717) is 16.4 Å². The largest absolute Gasteiger partial charge is 0.238 e. The maximum absolute atomic E-state index is 13.3. The monoisotopic (exact) mass is 187 g/mol. The third kappa shape index (κ3) is 1.75. The van der Waals surface area contributed by atoms with Crippen LogP contribution in [0.25, 0.3) is 0 Å². The third-order valence-electron chi connectivity index (χ3n) is 1.74. The number of aryl methyl sites for hydroxylation is 1. The van der Waals surface area contributed by atoms with Crippen LogP contribution in [0, 0.1) is 12.7 Å². The highest BCUT2D eigenvalue weighted by Crippen LogP contribution is 2.22. The van der Waals surface area contributed by atoms with Crippen LogP contribution < -0.4 is 0 Å². The van der Waals surface area contributed by atoms with Crippen molar-refractivity contribution in [3.8, 4) is 0 Å². The summed E-state index contributed by atoms with van der Waals surface area (Å²) in [6.45, 7) is 5.47. The fraction of sp³-hybridized carbons (Fsp3) is 0.444. The van der Waals surface area contributed by atoms with Gasteiger partial charge in [0, 0.05) is 0 Å². The van der Waals surface area contributed by atoms with Gasteiger partial charge in [-0.05, 0) is 24.5 Å². The molecule has 0 aromatic carbocycles. The summed E-state index contributed by atoms with van der Waals surface area (Å²) >= 11 is 5.69. The summed E-state index contributed by atoms with van der Waals surface area (Å²) < 4.78 is 13.3. The molecule has 0 amide bonds. The maximum Gasteiger partial charge on any atom is 0.147 e. The second-order valence-corrected chi connectivity index (χ2v) is 3.48. The first kappa shape index (κ1) is 9.46. The summed E-state index contributed by atoms with van der Waals surface area (Å²) in [7, 11) is 0. The van der Waals surface area contributed by atoms with Crippen LogP contribution >= 0.6 is 11.6 Å². The highest BCUT2D eigenvalue weighted by Gasteiger charge is 2.10. The van der Waals surface area contributed by atoms with Crippen molar-refractivity contribution in [1.29, 1.82) is 0 Å². The van der Waals surface area contributed by atoms with Gasteiger partial charge in [-0.15, -0.1) is 0 Å². The first-order chi connectivity index (χ1) is 5.52. The molecular formula is C9H11ClFN. The fourth-order valence-electron chi connectivity index (χ4n) is 1.06. The molecule has 1 aromatic heterocycles. The lowest BCUT2D eigenvalue weighted by atomic mass is 10.0. The first-order valence-electron chi connectivity index (χ1n) is 3.85. The first-order valence-corrected chi connectivity index (χ1v) is 4.22. The molecule has 0 spiro atoms. The fourth-order valence-corrected chi connectivity index (χ4v) is 1.31. The van der Waals surface area contributed by atoms with Crippen LogP contribution in [0.4, 0.5) is 4.39 Å². The summed E-state index contributed by atoms with van der Waals surface area (Å²) in [5, 5.41) is 0.359. The lowest BCUT2D eigenvalue weighted by Crippen LogP contribution is -1.98. The molecule has 0 radical (unpaired) electrons. The van der Waals surface area contributed by atoms with Crippen molar-refractivity contribution in [2.45, 2.75) is 26.7 Å². The van der Waals surface area contributed by atoms with E-state index in [9.17, 15) is 4.39 Å². The minimum atomic E-state index is -0.241. The molecular weight excluding hydrogens is 177 g/mol. The predicted molar refractivity (Wildman–Crippen MR) is 48.0 cm³/mol. The minimum Gasteiger partial charge on any atom is -0.238 e. The molecule has 0 atom stereocenters. The minimum absolute atomic E-state index is 0.143. The second-order valence-electron chi connectivity index (χ2n) is 3.09.